The van der Waals surface area contributed by atoms with Crippen LogP contribution in [0.3, 0.4) is 0 Å². The van der Waals surface area contributed by atoms with Crippen LogP contribution in [0, 0.1) is 11.3 Å². The molecule has 4 heterocycles. The largest absolute Gasteiger partial charge is 0.359 e. The Morgan fingerprint density at radius 1 is 1.37 bits per heavy atom. The summed E-state index contributed by atoms with van der Waals surface area (Å²) >= 11 is 5.42. The third kappa shape index (κ3) is 2.51. The highest BCUT2D eigenvalue weighted by atomic mass is 32.1. The quantitative estimate of drug-likeness (QED) is 0.339. The van der Waals surface area contributed by atoms with Crippen LogP contribution in [0.5, 0.6) is 0 Å². The molecule has 4 bridgehead atoms. The normalized spacial score (nSPS) is 43.6. The van der Waals surface area contributed by atoms with Crippen LogP contribution < -0.4 is 20.4 Å². The SMILES string of the molecule is C=CCNC(=S)N[C@@H]1C2C[NH+]3CC[NH+](C2)CC1(C)C3. The molecule has 4 fully saturated rings. The molecule has 4 saturated heterocycles. The topological polar surface area (TPSA) is 32.9 Å². The minimum Gasteiger partial charge on any atom is -0.359 e. The summed E-state index contributed by atoms with van der Waals surface area (Å²) in [6.45, 7) is 14.9. The van der Waals surface area contributed by atoms with Gasteiger partial charge < -0.3 is 20.4 Å². The van der Waals surface area contributed by atoms with Gasteiger partial charge in [0.2, 0.25) is 0 Å². The number of quaternary nitrogens is 2. The van der Waals surface area contributed by atoms with E-state index in [4.69, 9.17) is 12.2 Å². The average Bonchev–Trinajstić information content (AvgIpc) is 2.59. The Labute approximate surface area is 121 Å². The van der Waals surface area contributed by atoms with Crippen LogP contribution in [0.15, 0.2) is 12.7 Å². The smallest absolute Gasteiger partial charge is 0.166 e. The molecule has 4 N–H and O–H groups in total. The molecule has 0 aliphatic carbocycles. The molecule has 0 amide bonds. The summed E-state index contributed by atoms with van der Waals surface area (Å²) in [6, 6.07) is 0.544. The Hall–Kier alpha value is -0.650. The standard InChI is InChI=1S/C14H24N4S/c1-3-4-15-13(19)16-12-11-7-17-5-6-18(8-11)10-14(12,2)9-17/h3,11-12H,1,4-10H2,2H3,(H2,15,16,19)/p+2/t11?,12-,14?/m1/s1. The molecule has 0 saturated carbocycles. The van der Waals surface area contributed by atoms with Gasteiger partial charge in [0.1, 0.15) is 13.1 Å². The molecule has 0 aromatic carbocycles. The molecule has 5 heteroatoms. The summed E-state index contributed by atoms with van der Waals surface area (Å²) in [6.07, 6.45) is 1.85. The summed E-state index contributed by atoms with van der Waals surface area (Å²) in [5.74, 6) is 0.767. The first-order valence-corrected chi connectivity index (χ1v) is 7.84. The molecule has 0 radical (unpaired) electrons. The number of thiocarbonyl (C=S) groups is 1. The lowest BCUT2D eigenvalue weighted by atomic mass is 9.69. The van der Waals surface area contributed by atoms with Crippen molar-refractivity contribution in [1.29, 1.82) is 0 Å². The second kappa shape index (κ2) is 5.04. The molecular weight excluding hydrogens is 256 g/mol. The van der Waals surface area contributed by atoms with E-state index in [0.717, 1.165) is 17.6 Å². The van der Waals surface area contributed by atoms with Crippen LogP contribution in [0.2, 0.25) is 0 Å². The fourth-order valence-electron chi connectivity index (χ4n) is 4.57. The van der Waals surface area contributed by atoms with Crippen LogP contribution in [-0.2, 0) is 0 Å². The van der Waals surface area contributed by atoms with E-state index in [-0.39, 0.29) is 0 Å². The van der Waals surface area contributed by atoms with Gasteiger partial charge in [-0.2, -0.15) is 0 Å². The highest BCUT2D eigenvalue weighted by molar-refractivity contribution is 7.80. The molecule has 4 aliphatic rings. The van der Waals surface area contributed by atoms with Crippen molar-refractivity contribution in [3.63, 3.8) is 0 Å². The molecule has 19 heavy (non-hydrogen) atoms. The maximum Gasteiger partial charge on any atom is 0.166 e. The molecular formula is C14H26N4S+2. The molecule has 2 unspecified atom stereocenters. The maximum absolute atomic E-state index is 5.42. The van der Waals surface area contributed by atoms with E-state index in [2.05, 4.69) is 24.1 Å². The number of rotatable bonds is 3. The third-order valence-electron chi connectivity index (χ3n) is 5.16. The molecule has 0 spiro atoms. The first kappa shape index (κ1) is 13.3. The van der Waals surface area contributed by atoms with Crippen molar-refractivity contribution < 1.29 is 9.80 Å². The van der Waals surface area contributed by atoms with Crippen LogP contribution in [0.1, 0.15) is 6.92 Å². The summed E-state index contributed by atoms with van der Waals surface area (Å²) < 4.78 is 0. The highest BCUT2D eigenvalue weighted by Crippen LogP contribution is 2.29. The monoisotopic (exact) mass is 282 g/mol. The van der Waals surface area contributed by atoms with E-state index in [9.17, 15) is 0 Å². The fraction of sp³-hybridized carbons (Fsp3) is 0.786. The van der Waals surface area contributed by atoms with Gasteiger partial charge in [0.15, 0.2) is 5.11 Å². The van der Waals surface area contributed by atoms with Gasteiger partial charge >= 0.3 is 0 Å². The van der Waals surface area contributed by atoms with E-state index < -0.39 is 0 Å². The first-order chi connectivity index (χ1) is 9.10. The molecule has 106 valence electrons. The molecule has 4 aliphatic heterocycles. The lowest BCUT2D eigenvalue weighted by molar-refractivity contribution is -0.918. The molecule has 0 aromatic rings. The van der Waals surface area contributed by atoms with Crippen molar-refractivity contribution in [1.82, 2.24) is 10.6 Å². The van der Waals surface area contributed by atoms with Crippen LogP contribution in [0.25, 0.3) is 0 Å². The first-order valence-electron chi connectivity index (χ1n) is 7.43. The van der Waals surface area contributed by atoms with Crippen LogP contribution >= 0.6 is 12.2 Å². The zero-order valence-electron chi connectivity index (χ0n) is 11.8. The van der Waals surface area contributed by atoms with Crippen molar-refractivity contribution >= 4 is 17.3 Å². The Kier molecular flexibility index (Phi) is 3.53. The molecule has 4 nitrogen and oxygen atoms in total. The number of hydrogen-bond donors (Lipinski definition) is 4. The molecule has 4 rings (SSSR count). The fourth-order valence-corrected chi connectivity index (χ4v) is 4.78. The summed E-state index contributed by atoms with van der Waals surface area (Å²) in [5, 5.41) is 7.62. The zero-order chi connectivity index (χ0) is 13.5. The van der Waals surface area contributed by atoms with E-state index in [0.29, 0.717) is 11.5 Å². The number of nitrogens with one attached hydrogen (secondary N) is 4. The van der Waals surface area contributed by atoms with Gasteiger partial charge in [-0.1, -0.05) is 6.08 Å². The van der Waals surface area contributed by atoms with E-state index in [1.54, 1.807) is 0 Å². The van der Waals surface area contributed by atoms with Gasteiger partial charge in [-0.15, -0.1) is 6.58 Å². The van der Waals surface area contributed by atoms with Crippen molar-refractivity contribution in [2.45, 2.75) is 13.0 Å². The summed E-state index contributed by atoms with van der Waals surface area (Å²) in [5.41, 5.74) is 0.391. The van der Waals surface area contributed by atoms with Crippen molar-refractivity contribution in [2.75, 3.05) is 45.8 Å². The zero-order valence-corrected chi connectivity index (χ0v) is 12.6. The van der Waals surface area contributed by atoms with Gasteiger partial charge in [0.05, 0.1) is 43.6 Å². The van der Waals surface area contributed by atoms with Crippen molar-refractivity contribution in [3.05, 3.63) is 12.7 Å². The van der Waals surface area contributed by atoms with E-state index >= 15 is 0 Å². The minimum absolute atomic E-state index is 0.391. The summed E-state index contributed by atoms with van der Waals surface area (Å²) in [4.78, 5) is 3.62. The maximum atomic E-state index is 5.42. The lowest BCUT2D eigenvalue weighted by Crippen LogP contribution is -3.17. The van der Waals surface area contributed by atoms with Gasteiger partial charge in [0, 0.05) is 6.54 Å². The van der Waals surface area contributed by atoms with Crippen molar-refractivity contribution in [3.8, 4) is 0 Å². The molecule has 0 aromatic heterocycles. The van der Waals surface area contributed by atoms with E-state index in [1.807, 2.05) is 15.9 Å². The minimum atomic E-state index is 0.391. The second-order valence-corrected chi connectivity index (χ2v) is 7.20. The van der Waals surface area contributed by atoms with Crippen LogP contribution in [0.4, 0.5) is 0 Å². The number of piperidine rings is 2. The average molecular weight is 282 g/mol. The third-order valence-corrected chi connectivity index (χ3v) is 5.42. The van der Waals surface area contributed by atoms with Crippen molar-refractivity contribution in [2.24, 2.45) is 11.3 Å². The predicted molar refractivity (Wildman–Crippen MR) is 80.4 cm³/mol. The Bertz CT molecular complexity index is 368. The van der Waals surface area contributed by atoms with E-state index in [1.165, 1.54) is 39.3 Å². The van der Waals surface area contributed by atoms with Gasteiger partial charge in [0.25, 0.3) is 0 Å². The van der Waals surface area contributed by atoms with Gasteiger partial charge in [-0.05, 0) is 19.1 Å². The summed E-state index contributed by atoms with van der Waals surface area (Å²) in [7, 11) is 0. The number of fused-ring (bicyclic) bond motifs is 1. The highest BCUT2D eigenvalue weighted by Gasteiger charge is 2.56. The Balaban J connectivity index is 1.72. The predicted octanol–water partition coefficient (Wildman–Crippen LogP) is -2.56. The van der Waals surface area contributed by atoms with Gasteiger partial charge in [-0.25, -0.2) is 0 Å². The Morgan fingerprint density at radius 2 is 2.00 bits per heavy atom. The molecule has 3 atom stereocenters. The van der Waals surface area contributed by atoms with Crippen LogP contribution in [-0.4, -0.2) is 57.0 Å². The second-order valence-electron chi connectivity index (χ2n) is 6.80. The van der Waals surface area contributed by atoms with Gasteiger partial charge in [-0.3, -0.25) is 0 Å². The lowest BCUT2D eigenvalue weighted by Gasteiger charge is -2.49. The Morgan fingerprint density at radius 3 is 2.53 bits per heavy atom. The number of hydrogen-bond acceptors (Lipinski definition) is 1.